The first-order valence-electron chi connectivity index (χ1n) is 7.19. The minimum atomic E-state index is -4.09. The van der Waals surface area contributed by atoms with E-state index in [1.807, 2.05) is 0 Å². The van der Waals surface area contributed by atoms with E-state index in [1.54, 1.807) is 30.3 Å². The Morgan fingerprint density at radius 2 is 1.74 bits per heavy atom. The summed E-state index contributed by atoms with van der Waals surface area (Å²) in [6.45, 7) is 0. The maximum absolute atomic E-state index is 12.6. The maximum atomic E-state index is 12.6. The van der Waals surface area contributed by atoms with Gasteiger partial charge in [-0.15, -0.1) is 4.83 Å². The van der Waals surface area contributed by atoms with Crippen molar-refractivity contribution in [2.24, 2.45) is 0 Å². The Labute approximate surface area is 180 Å². The van der Waals surface area contributed by atoms with Crippen molar-refractivity contribution < 1.29 is 13.2 Å². The largest absolute Gasteiger partial charge is 0.281 e. The van der Waals surface area contributed by atoms with Gasteiger partial charge in [0.05, 0.1) is 20.0 Å². The number of carbonyl (C=O) groups is 1. The number of thioether (sulfide) groups is 1. The summed E-state index contributed by atoms with van der Waals surface area (Å²) in [7, 11) is -4.09. The third kappa shape index (κ3) is 4.48. The second-order valence-corrected chi connectivity index (χ2v) is 9.74. The molecule has 1 aliphatic rings. The van der Waals surface area contributed by atoms with Gasteiger partial charge in [-0.05, 0) is 35.9 Å². The highest BCUT2D eigenvalue weighted by Crippen LogP contribution is 2.33. The molecule has 1 saturated heterocycles. The van der Waals surface area contributed by atoms with Gasteiger partial charge in [-0.2, -0.15) is 0 Å². The monoisotopic (exact) mass is 478 g/mol. The van der Waals surface area contributed by atoms with Crippen molar-refractivity contribution in [2.45, 2.75) is 4.90 Å². The standard InChI is InChI=1S/C16H9Cl3N2O3S3/c17-10-6-5-9(7-12(10)19)8-13-15(22)21(16(25)26-13)20-27(23,24)14-4-2-1-3-11(14)18/h1-8,20H/b13-8+. The number of nitrogens with one attached hydrogen (secondary N) is 1. The van der Waals surface area contributed by atoms with Crippen molar-refractivity contribution in [3.8, 4) is 0 Å². The zero-order valence-electron chi connectivity index (χ0n) is 13.1. The van der Waals surface area contributed by atoms with Crippen LogP contribution in [0.5, 0.6) is 0 Å². The van der Waals surface area contributed by atoms with Gasteiger partial charge in [0, 0.05) is 0 Å². The van der Waals surface area contributed by atoms with Gasteiger partial charge < -0.3 is 0 Å². The predicted molar refractivity (Wildman–Crippen MR) is 113 cm³/mol. The molecule has 0 radical (unpaired) electrons. The summed E-state index contributed by atoms with van der Waals surface area (Å²) in [5, 5.41) is 1.54. The molecule has 2 aromatic carbocycles. The molecule has 0 saturated carbocycles. The number of carbonyl (C=O) groups excluding carboxylic acids is 1. The summed E-state index contributed by atoms with van der Waals surface area (Å²) in [5.74, 6) is -0.605. The average Bonchev–Trinajstić information content (AvgIpc) is 2.85. The Bertz CT molecular complexity index is 1090. The van der Waals surface area contributed by atoms with Crippen LogP contribution < -0.4 is 4.83 Å². The van der Waals surface area contributed by atoms with Crippen LogP contribution in [0.3, 0.4) is 0 Å². The number of sulfonamides is 1. The Morgan fingerprint density at radius 1 is 1.04 bits per heavy atom. The van der Waals surface area contributed by atoms with Crippen LogP contribution >= 0.6 is 58.8 Å². The maximum Gasteiger partial charge on any atom is 0.281 e. The molecule has 0 atom stereocenters. The molecule has 5 nitrogen and oxygen atoms in total. The molecule has 3 rings (SSSR count). The molecule has 11 heteroatoms. The summed E-state index contributed by atoms with van der Waals surface area (Å²) in [5.41, 5.74) is 0.624. The lowest BCUT2D eigenvalue weighted by Gasteiger charge is -2.16. The second-order valence-electron chi connectivity index (χ2n) is 5.22. The number of hydrazine groups is 1. The normalized spacial score (nSPS) is 16.4. The Kier molecular flexibility index (Phi) is 6.17. The third-order valence-corrected chi connectivity index (χ3v) is 7.21. The molecule has 1 N–H and O–H groups in total. The highest BCUT2D eigenvalue weighted by molar-refractivity contribution is 8.26. The van der Waals surface area contributed by atoms with E-state index in [2.05, 4.69) is 4.83 Å². The van der Waals surface area contributed by atoms with E-state index in [0.29, 0.717) is 15.6 Å². The van der Waals surface area contributed by atoms with Crippen LogP contribution in [-0.2, 0) is 14.8 Å². The number of hydrogen-bond acceptors (Lipinski definition) is 5. The lowest BCUT2D eigenvalue weighted by molar-refractivity contribution is -0.123. The minimum absolute atomic E-state index is 0.0294. The van der Waals surface area contributed by atoms with Gasteiger partial charge in [0.2, 0.25) is 0 Å². The fraction of sp³-hybridized carbons (Fsp3) is 0. The van der Waals surface area contributed by atoms with Crippen molar-refractivity contribution in [1.82, 2.24) is 9.84 Å². The molecular weight excluding hydrogens is 471 g/mol. The van der Waals surface area contributed by atoms with Crippen LogP contribution in [0.25, 0.3) is 6.08 Å². The van der Waals surface area contributed by atoms with Gasteiger partial charge in [0.25, 0.3) is 15.9 Å². The SMILES string of the molecule is O=C1/C(=C\c2ccc(Cl)c(Cl)c2)SC(=S)N1NS(=O)(=O)c1ccccc1Cl. The minimum Gasteiger partial charge on any atom is -0.267 e. The summed E-state index contributed by atoms with van der Waals surface area (Å²) in [4.78, 5) is 14.8. The van der Waals surface area contributed by atoms with Crippen LogP contribution in [0, 0.1) is 0 Å². The first-order valence-corrected chi connectivity index (χ1v) is 11.0. The molecule has 0 aliphatic carbocycles. The number of nitrogens with zero attached hydrogens (tertiary/aromatic N) is 1. The van der Waals surface area contributed by atoms with E-state index in [1.165, 1.54) is 18.2 Å². The number of hydrogen-bond donors (Lipinski definition) is 1. The fourth-order valence-electron chi connectivity index (χ4n) is 2.13. The first-order chi connectivity index (χ1) is 12.7. The molecule has 0 unspecified atom stereocenters. The van der Waals surface area contributed by atoms with E-state index >= 15 is 0 Å². The van der Waals surface area contributed by atoms with Gasteiger partial charge in [-0.25, -0.2) is 13.4 Å². The van der Waals surface area contributed by atoms with E-state index in [0.717, 1.165) is 16.8 Å². The summed E-state index contributed by atoms with van der Waals surface area (Å²) < 4.78 is 25.1. The number of halogens is 3. The van der Waals surface area contributed by atoms with E-state index < -0.39 is 15.9 Å². The van der Waals surface area contributed by atoms with Crippen molar-refractivity contribution in [2.75, 3.05) is 0 Å². The zero-order valence-corrected chi connectivity index (χ0v) is 17.9. The molecule has 1 aliphatic heterocycles. The Morgan fingerprint density at radius 3 is 2.41 bits per heavy atom. The highest BCUT2D eigenvalue weighted by atomic mass is 35.5. The first kappa shape index (κ1) is 20.6. The van der Waals surface area contributed by atoms with Gasteiger partial charge in [0.15, 0.2) is 4.32 Å². The molecular formula is C16H9Cl3N2O3S3. The lowest BCUT2D eigenvalue weighted by atomic mass is 10.2. The van der Waals surface area contributed by atoms with E-state index in [-0.39, 0.29) is 19.1 Å². The third-order valence-electron chi connectivity index (χ3n) is 3.37. The fourth-order valence-corrected chi connectivity index (χ4v) is 5.27. The quantitative estimate of drug-likeness (QED) is 0.507. The molecule has 140 valence electrons. The van der Waals surface area contributed by atoms with Crippen molar-refractivity contribution in [1.29, 1.82) is 0 Å². The lowest BCUT2D eigenvalue weighted by Crippen LogP contribution is -2.44. The van der Waals surface area contributed by atoms with E-state index in [4.69, 9.17) is 47.0 Å². The summed E-state index contributed by atoms with van der Waals surface area (Å²) in [6.07, 6.45) is 1.55. The predicted octanol–water partition coefficient (Wildman–Crippen LogP) is 4.74. The molecule has 27 heavy (non-hydrogen) atoms. The number of amides is 1. The number of rotatable bonds is 4. The zero-order chi connectivity index (χ0) is 19.8. The second kappa shape index (κ2) is 8.08. The molecule has 0 aromatic heterocycles. The smallest absolute Gasteiger partial charge is 0.267 e. The van der Waals surface area contributed by atoms with Crippen LogP contribution in [0.4, 0.5) is 0 Å². The van der Waals surface area contributed by atoms with Crippen LogP contribution in [0.2, 0.25) is 15.1 Å². The van der Waals surface area contributed by atoms with Crippen molar-refractivity contribution in [3.63, 3.8) is 0 Å². The highest BCUT2D eigenvalue weighted by Gasteiger charge is 2.36. The van der Waals surface area contributed by atoms with E-state index in [9.17, 15) is 13.2 Å². The number of benzene rings is 2. The Hall–Kier alpha value is -1.13. The molecule has 1 heterocycles. The summed E-state index contributed by atoms with van der Waals surface area (Å²) in [6, 6.07) is 10.7. The average molecular weight is 480 g/mol. The van der Waals surface area contributed by atoms with Gasteiger partial charge in [-0.1, -0.05) is 77.0 Å². The van der Waals surface area contributed by atoms with Gasteiger partial charge >= 0.3 is 0 Å². The molecule has 0 bridgehead atoms. The Balaban J connectivity index is 1.87. The topological polar surface area (TPSA) is 66.5 Å². The van der Waals surface area contributed by atoms with Gasteiger partial charge in [-0.3, -0.25) is 4.79 Å². The van der Waals surface area contributed by atoms with Gasteiger partial charge in [0.1, 0.15) is 4.90 Å². The molecule has 2 aromatic rings. The number of thiocarbonyl (C=S) groups is 1. The molecule has 0 spiro atoms. The summed E-state index contributed by atoms with van der Waals surface area (Å²) >= 11 is 23.9. The molecule has 1 fully saturated rings. The van der Waals surface area contributed by atoms with Crippen LogP contribution in [-0.4, -0.2) is 23.7 Å². The van der Waals surface area contributed by atoms with Crippen molar-refractivity contribution in [3.05, 3.63) is 68.0 Å². The molecule has 1 amide bonds. The van der Waals surface area contributed by atoms with Crippen LogP contribution in [0.15, 0.2) is 52.3 Å². The van der Waals surface area contributed by atoms with Crippen LogP contribution in [0.1, 0.15) is 5.56 Å². The van der Waals surface area contributed by atoms with Crippen molar-refractivity contribution >= 4 is 85.1 Å².